The van der Waals surface area contributed by atoms with E-state index in [1.165, 1.54) is 63.4 Å². The monoisotopic (exact) mass is 447 g/mol. The highest BCUT2D eigenvalue weighted by Gasteiger charge is 2.29. The Balaban J connectivity index is 0.00000341. The minimum absolute atomic E-state index is 0. The summed E-state index contributed by atoms with van der Waals surface area (Å²) >= 11 is 0. The molecule has 2 heterocycles. The predicted molar refractivity (Wildman–Crippen MR) is 129 cm³/mol. The number of rotatable bonds is 12. The fourth-order valence-corrected chi connectivity index (χ4v) is 4.16. The number of nitrogens with one attached hydrogen (secondary N) is 1. The molecule has 1 atom stereocenters. The largest absolute Gasteiger partial charge is 0.370 e. The van der Waals surface area contributed by atoms with Gasteiger partial charge < -0.3 is 15.2 Å². The predicted octanol–water partition coefficient (Wildman–Crippen LogP) is 5.91. The number of aryl methyl sites for hydroxylation is 1. The number of guanidine groups is 1. The third-order valence-electron chi connectivity index (χ3n) is 6.10. The van der Waals surface area contributed by atoms with Crippen LogP contribution in [0.3, 0.4) is 0 Å². The number of halogens is 1. The van der Waals surface area contributed by atoms with Gasteiger partial charge in [-0.05, 0) is 24.8 Å². The summed E-state index contributed by atoms with van der Waals surface area (Å²) in [5.74, 6) is 1.55. The first kappa shape index (κ1) is 25.2. The molecule has 1 aliphatic rings. The minimum atomic E-state index is 0. The number of nitrogens with zero attached hydrogens (tertiary/aromatic N) is 3. The highest BCUT2D eigenvalue weighted by Crippen LogP contribution is 2.27. The van der Waals surface area contributed by atoms with E-state index in [4.69, 9.17) is 15.7 Å². The summed E-state index contributed by atoms with van der Waals surface area (Å²) in [5.41, 5.74) is 7.93. The number of nitrogens with two attached hydrogens (primary N) is 1. The van der Waals surface area contributed by atoms with Gasteiger partial charge in [0.25, 0.3) is 0 Å². The number of hydrogen-bond donors (Lipinski definition) is 2. The van der Waals surface area contributed by atoms with E-state index in [-0.39, 0.29) is 24.3 Å². The number of hydrogen-bond acceptors (Lipinski definition) is 4. The molecule has 0 amide bonds. The van der Waals surface area contributed by atoms with Crippen molar-refractivity contribution >= 4 is 18.4 Å². The minimum Gasteiger partial charge on any atom is -0.370 e. The second-order valence-corrected chi connectivity index (χ2v) is 8.55. The number of likely N-dealkylation sites (tertiary alicyclic amines) is 1. The normalized spacial score (nSPS) is 15.8. The first-order valence-electron chi connectivity index (χ1n) is 11.7. The lowest BCUT2D eigenvalue weighted by Gasteiger charge is -2.14. The van der Waals surface area contributed by atoms with Gasteiger partial charge in [0.2, 0.25) is 11.7 Å². The van der Waals surface area contributed by atoms with Crippen LogP contribution in [0.1, 0.15) is 88.5 Å². The fourth-order valence-electron chi connectivity index (χ4n) is 4.16. The van der Waals surface area contributed by atoms with Crippen LogP contribution in [0, 0.1) is 5.41 Å². The van der Waals surface area contributed by atoms with Crippen molar-refractivity contribution in [1.29, 1.82) is 5.41 Å². The molecule has 1 aromatic heterocycles. The molecule has 6 nitrogen and oxygen atoms in total. The van der Waals surface area contributed by atoms with Gasteiger partial charge in [-0.2, -0.15) is 4.98 Å². The van der Waals surface area contributed by atoms with Crippen molar-refractivity contribution in [3.63, 3.8) is 0 Å². The zero-order chi connectivity index (χ0) is 21.2. The van der Waals surface area contributed by atoms with E-state index in [0.29, 0.717) is 18.3 Å². The summed E-state index contributed by atoms with van der Waals surface area (Å²) in [7, 11) is 0. The van der Waals surface area contributed by atoms with Crippen molar-refractivity contribution in [1.82, 2.24) is 15.0 Å². The van der Waals surface area contributed by atoms with E-state index in [2.05, 4.69) is 41.3 Å². The molecule has 172 valence electrons. The Morgan fingerprint density at radius 3 is 2.32 bits per heavy atom. The average Bonchev–Trinajstić information content (AvgIpc) is 3.43. The van der Waals surface area contributed by atoms with Gasteiger partial charge >= 0.3 is 0 Å². The summed E-state index contributed by atoms with van der Waals surface area (Å²) in [6.45, 7) is 3.71. The molecule has 1 saturated heterocycles. The number of benzene rings is 1. The Bertz CT molecular complexity index is 777. The maximum absolute atomic E-state index is 7.55. The summed E-state index contributed by atoms with van der Waals surface area (Å²) in [6, 6.07) is 8.55. The van der Waals surface area contributed by atoms with Crippen LogP contribution in [0.5, 0.6) is 0 Å². The van der Waals surface area contributed by atoms with Crippen LogP contribution < -0.4 is 5.73 Å². The fraction of sp³-hybridized carbons (Fsp3) is 0.625. The van der Waals surface area contributed by atoms with Gasteiger partial charge in [-0.25, -0.2) is 0 Å². The Morgan fingerprint density at radius 2 is 1.71 bits per heavy atom. The van der Waals surface area contributed by atoms with Gasteiger partial charge in [-0.15, -0.1) is 12.4 Å². The SMILES string of the molecule is CCCCCCCCCCCc1ccc(-c2noc(C3CCN(C(=N)N)C3)n2)cc1.Cl. The first-order valence-corrected chi connectivity index (χ1v) is 11.7. The summed E-state index contributed by atoms with van der Waals surface area (Å²) in [6.07, 6.45) is 14.3. The van der Waals surface area contributed by atoms with Gasteiger partial charge in [-0.3, -0.25) is 5.41 Å². The second kappa shape index (κ2) is 13.4. The van der Waals surface area contributed by atoms with Crippen LogP contribution in [0.15, 0.2) is 28.8 Å². The Labute approximate surface area is 192 Å². The average molecular weight is 448 g/mol. The molecule has 0 spiro atoms. The topological polar surface area (TPSA) is 92.0 Å². The van der Waals surface area contributed by atoms with Gasteiger partial charge in [0.15, 0.2) is 5.96 Å². The quantitative estimate of drug-likeness (QED) is 0.239. The number of unbranched alkanes of at least 4 members (excludes halogenated alkanes) is 8. The van der Waals surface area contributed by atoms with Crippen molar-refractivity contribution in [2.75, 3.05) is 13.1 Å². The molecule has 1 fully saturated rings. The zero-order valence-electron chi connectivity index (χ0n) is 18.8. The van der Waals surface area contributed by atoms with Crippen LogP contribution in [0.4, 0.5) is 0 Å². The lowest BCUT2D eigenvalue weighted by molar-refractivity contribution is 0.354. The van der Waals surface area contributed by atoms with Gasteiger partial charge in [0.05, 0.1) is 5.92 Å². The maximum Gasteiger partial charge on any atom is 0.231 e. The van der Waals surface area contributed by atoms with E-state index >= 15 is 0 Å². The highest BCUT2D eigenvalue weighted by molar-refractivity contribution is 5.85. The van der Waals surface area contributed by atoms with E-state index in [1.807, 2.05) is 4.90 Å². The van der Waals surface area contributed by atoms with Crippen LogP contribution in [0.2, 0.25) is 0 Å². The number of aromatic nitrogens is 2. The Morgan fingerprint density at radius 1 is 1.06 bits per heavy atom. The Kier molecular flexibility index (Phi) is 10.9. The molecule has 0 radical (unpaired) electrons. The lowest BCUT2D eigenvalue weighted by atomic mass is 10.0. The second-order valence-electron chi connectivity index (χ2n) is 8.55. The molecular formula is C24H38ClN5O. The van der Waals surface area contributed by atoms with Gasteiger partial charge in [0, 0.05) is 18.7 Å². The highest BCUT2D eigenvalue weighted by atomic mass is 35.5. The van der Waals surface area contributed by atoms with Crippen LogP contribution in [-0.2, 0) is 6.42 Å². The van der Waals surface area contributed by atoms with E-state index in [1.54, 1.807) is 0 Å². The molecular weight excluding hydrogens is 410 g/mol. The van der Waals surface area contributed by atoms with Crippen molar-refractivity contribution < 1.29 is 4.52 Å². The van der Waals surface area contributed by atoms with Crippen molar-refractivity contribution in [2.24, 2.45) is 5.73 Å². The molecule has 2 aromatic rings. The Hall–Kier alpha value is -2.08. The van der Waals surface area contributed by atoms with E-state index in [9.17, 15) is 0 Å². The molecule has 3 rings (SSSR count). The van der Waals surface area contributed by atoms with Crippen molar-refractivity contribution in [3.05, 3.63) is 35.7 Å². The molecule has 31 heavy (non-hydrogen) atoms. The molecule has 1 aliphatic heterocycles. The van der Waals surface area contributed by atoms with E-state index < -0.39 is 0 Å². The first-order chi connectivity index (χ1) is 14.7. The molecule has 0 aliphatic carbocycles. The molecule has 0 saturated carbocycles. The molecule has 1 aromatic carbocycles. The molecule has 1 unspecified atom stereocenters. The summed E-state index contributed by atoms with van der Waals surface area (Å²) < 4.78 is 5.50. The third-order valence-corrected chi connectivity index (χ3v) is 6.10. The van der Waals surface area contributed by atoms with Crippen molar-refractivity contribution in [2.45, 2.75) is 83.5 Å². The summed E-state index contributed by atoms with van der Waals surface area (Å²) in [5, 5.41) is 11.7. The molecule has 0 bridgehead atoms. The molecule has 7 heteroatoms. The van der Waals surface area contributed by atoms with E-state index in [0.717, 1.165) is 24.9 Å². The smallest absolute Gasteiger partial charge is 0.231 e. The van der Waals surface area contributed by atoms with Crippen LogP contribution >= 0.6 is 12.4 Å². The lowest BCUT2D eigenvalue weighted by Crippen LogP contribution is -2.34. The van der Waals surface area contributed by atoms with Crippen LogP contribution in [0.25, 0.3) is 11.4 Å². The van der Waals surface area contributed by atoms with Crippen LogP contribution in [-0.4, -0.2) is 34.1 Å². The maximum atomic E-state index is 7.55. The third kappa shape index (κ3) is 7.84. The van der Waals surface area contributed by atoms with Gasteiger partial charge in [-0.1, -0.05) is 87.7 Å². The molecule has 3 N–H and O–H groups in total. The van der Waals surface area contributed by atoms with Gasteiger partial charge in [0.1, 0.15) is 0 Å². The standard InChI is InChI=1S/C24H37N5O.ClH/c1-2-3-4-5-6-7-8-9-10-11-19-12-14-20(15-13-19)22-27-23(30-28-22)21-16-17-29(18-21)24(25)26;/h12-15,21H,2-11,16-18H2,1H3,(H3,25,26);1H. The van der Waals surface area contributed by atoms with Crippen molar-refractivity contribution in [3.8, 4) is 11.4 Å². The summed E-state index contributed by atoms with van der Waals surface area (Å²) in [4.78, 5) is 6.44. The zero-order valence-corrected chi connectivity index (χ0v) is 19.6.